The molecule has 0 amide bonds. The molecule has 0 saturated heterocycles. The van der Waals surface area contributed by atoms with Gasteiger partial charge in [-0.3, -0.25) is 10.1 Å². The summed E-state index contributed by atoms with van der Waals surface area (Å²) in [6, 6.07) is 3.65. The van der Waals surface area contributed by atoms with Gasteiger partial charge in [-0.2, -0.15) is 0 Å². The predicted octanol–water partition coefficient (Wildman–Crippen LogP) is 1.88. The minimum atomic E-state index is -1.31. The summed E-state index contributed by atoms with van der Waals surface area (Å²) >= 11 is 0. The number of ether oxygens (including phenoxy) is 2. The summed E-state index contributed by atoms with van der Waals surface area (Å²) in [5, 5.41) is 19.7. The average molecular weight is 291 g/mol. The molecule has 0 radical (unpaired) electrons. The van der Waals surface area contributed by atoms with Crippen molar-refractivity contribution in [3.05, 3.63) is 46.4 Å². The van der Waals surface area contributed by atoms with Crippen molar-refractivity contribution in [2.75, 3.05) is 7.11 Å². The van der Waals surface area contributed by atoms with E-state index in [2.05, 4.69) is 9.97 Å². The van der Waals surface area contributed by atoms with Crippen LogP contribution in [0.3, 0.4) is 0 Å². The molecule has 0 aliphatic carbocycles. The minimum Gasteiger partial charge on any atom is -0.493 e. The van der Waals surface area contributed by atoms with Crippen LogP contribution in [0.2, 0.25) is 0 Å². The topological polar surface area (TPSA) is 125 Å². The molecule has 1 aromatic heterocycles. The van der Waals surface area contributed by atoms with Crippen LogP contribution in [-0.2, 0) is 0 Å². The van der Waals surface area contributed by atoms with E-state index in [1.807, 2.05) is 0 Å². The van der Waals surface area contributed by atoms with Gasteiger partial charge in [0.05, 0.1) is 18.1 Å². The summed E-state index contributed by atoms with van der Waals surface area (Å²) in [4.78, 5) is 28.5. The molecule has 1 heterocycles. The van der Waals surface area contributed by atoms with E-state index in [9.17, 15) is 14.9 Å². The summed E-state index contributed by atoms with van der Waals surface area (Å²) < 4.78 is 10.3. The average Bonchev–Trinajstić information content (AvgIpc) is 2.47. The predicted molar refractivity (Wildman–Crippen MR) is 68.7 cm³/mol. The Balaban J connectivity index is 2.40. The zero-order valence-electron chi connectivity index (χ0n) is 10.7. The van der Waals surface area contributed by atoms with Crippen molar-refractivity contribution >= 4 is 11.7 Å². The van der Waals surface area contributed by atoms with Gasteiger partial charge >= 0.3 is 5.97 Å². The SMILES string of the molecule is COc1cc([N+](=O)[O-])ccc1Oc1nccnc1C(=O)O. The molecule has 2 aromatic rings. The quantitative estimate of drug-likeness (QED) is 0.653. The summed E-state index contributed by atoms with van der Waals surface area (Å²) in [7, 11) is 1.31. The molecular weight excluding hydrogens is 282 g/mol. The lowest BCUT2D eigenvalue weighted by molar-refractivity contribution is -0.384. The van der Waals surface area contributed by atoms with Crippen molar-refractivity contribution in [1.82, 2.24) is 9.97 Å². The third kappa shape index (κ3) is 3.03. The van der Waals surface area contributed by atoms with E-state index in [1.165, 1.54) is 31.6 Å². The lowest BCUT2D eigenvalue weighted by Gasteiger charge is -2.10. The van der Waals surface area contributed by atoms with Crippen LogP contribution in [0.15, 0.2) is 30.6 Å². The monoisotopic (exact) mass is 291 g/mol. The number of nitro groups is 1. The third-order valence-electron chi connectivity index (χ3n) is 2.43. The van der Waals surface area contributed by atoms with Crippen LogP contribution in [0, 0.1) is 10.1 Å². The number of hydrogen-bond donors (Lipinski definition) is 1. The number of aromatic carboxylic acids is 1. The maximum absolute atomic E-state index is 11.0. The smallest absolute Gasteiger partial charge is 0.360 e. The fourth-order valence-corrected chi connectivity index (χ4v) is 1.50. The number of nitro benzene ring substituents is 1. The molecule has 0 fully saturated rings. The number of nitrogens with zero attached hydrogens (tertiary/aromatic N) is 3. The number of benzene rings is 1. The molecule has 0 unspecified atom stereocenters. The Morgan fingerprint density at radius 1 is 1.29 bits per heavy atom. The van der Waals surface area contributed by atoms with E-state index in [0.29, 0.717) is 0 Å². The van der Waals surface area contributed by atoms with Crippen molar-refractivity contribution < 1.29 is 24.3 Å². The van der Waals surface area contributed by atoms with Crippen molar-refractivity contribution in [2.45, 2.75) is 0 Å². The number of rotatable bonds is 5. The summed E-state index contributed by atoms with van der Waals surface area (Å²) in [5.41, 5.74) is -0.560. The van der Waals surface area contributed by atoms with Gasteiger partial charge in [0.15, 0.2) is 11.5 Å². The molecule has 21 heavy (non-hydrogen) atoms. The van der Waals surface area contributed by atoms with E-state index >= 15 is 0 Å². The first-order valence-corrected chi connectivity index (χ1v) is 5.57. The highest BCUT2D eigenvalue weighted by Crippen LogP contribution is 2.34. The van der Waals surface area contributed by atoms with Gasteiger partial charge < -0.3 is 14.6 Å². The molecular formula is C12H9N3O6. The van der Waals surface area contributed by atoms with E-state index in [0.717, 1.165) is 6.07 Å². The molecule has 2 rings (SSSR count). The number of methoxy groups -OCH3 is 1. The number of carbonyl (C=O) groups is 1. The summed E-state index contributed by atoms with van der Waals surface area (Å²) in [6.45, 7) is 0. The summed E-state index contributed by atoms with van der Waals surface area (Å²) in [5.74, 6) is -1.38. The number of non-ortho nitro benzene ring substituents is 1. The standard InChI is InChI=1S/C12H9N3O6/c1-20-9-6-7(15(18)19)2-3-8(9)21-11-10(12(16)17)13-4-5-14-11/h2-6H,1H3,(H,16,17). The number of hydrogen-bond acceptors (Lipinski definition) is 7. The van der Waals surface area contributed by atoms with Crippen LogP contribution in [0.25, 0.3) is 0 Å². The zero-order valence-corrected chi connectivity index (χ0v) is 10.7. The highest BCUT2D eigenvalue weighted by Gasteiger charge is 2.18. The Morgan fingerprint density at radius 3 is 2.62 bits per heavy atom. The molecule has 9 heteroatoms. The number of carboxylic acids is 1. The van der Waals surface area contributed by atoms with Crippen LogP contribution < -0.4 is 9.47 Å². The normalized spacial score (nSPS) is 9.95. The number of carboxylic acid groups (broad SMARTS) is 1. The van der Waals surface area contributed by atoms with Gasteiger partial charge in [-0.1, -0.05) is 0 Å². The van der Waals surface area contributed by atoms with E-state index in [-0.39, 0.29) is 28.8 Å². The zero-order chi connectivity index (χ0) is 15.4. The van der Waals surface area contributed by atoms with Crippen molar-refractivity contribution in [2.24, 2.45) is 0 Å². The van der Waals surface area contributed by atoms with Crippen LogP contribution >= 0.6 is 0 Å². The van der Waals surface area contributed by atoms with Gasteiger partial charge in [0, 0.05) is 18.5 Å². The molecule has 9 nitrogen and oxygen atoms in total. The lowest BCUT2D eigenvalue weighted by Crippen LogP contribution is -2.05. The van der Waals surface area contributed by atoms with Crippen molar-refractivity contribution in [3.63, 3.8) is 0 Å². The first-order chi connectivity index (χ1) is 10.0. The van der Waals surface area contributed by atoms with Crippen molar-refractivity contribution in [1.29, 1.82) is 0 Å². The first-order valence-electron chi connectivity index (χ1n) is 5.57. The van der Waals surface area contributed by atoms with Crippen molar-refractivity contribution in [3.8, 4) is 17.4 Å². The Morgan fingerprint density at radius 2 is 2.00 bits per heavy atom. The van der Waals surface area contributed by atoms with Crippen LogP contribution in [0.5, 0.6) is 17.4 Å². The fraction of sp³-hybridized carbons (Fsp3) is 0.0833. The van der Waals surface area contributed by atoms with E-state index < -0.39 is 10.9 Å². The van der Waals surface area contributed by atoms with Crippen LogP contribution in [0.1, 0.15) is 10.5 Å². The third-order valence-corrected chi connectivity index (χ3v) is 2.43. The lowest BCUT2D eigenvalue weighted by atomic mass is 10.3. The Bertz CT molecular complexity index is 703. The number of aromatic nitrogens is 2. The molecule has 108 valence electrons. The Labute approximate surface area is 117 Å². The Kier molecular flexibility index (Phi) is 3.93. The second kappa shape index (κ2) is 5.82. The fourth-order valence-electron chi connectivity index (χ4n) is 1.50. The second-order valence-electron chi connectivity index (χ2n) is 3.71. The molecule has 0 saturated carbocycles. The van der Waals surface area contributed by atoms with Gasteiger partial charge in [-0.05, 0) is 6.07 Å². The molecule has 0 aliphatic heterocycles. The molecule has 0 spiro atoms. The van der Waals surface area contributed by atoms with Gasteiger partial charge in [0.2, 0.25) is 5.69 Å². The van der Waals surface area contributed by atoms with E-state index in [1.54, 1.807) is 0 Å². The first kappa shape index (κ1) is 14.2. The van der Waals surface area contributed by atoms with Gasteiger partial charge in [0.25, 0.3) is 11.6 Å². The van der Waals surface area contributed by atoms with Gasteiger partial charge in [-0.25, -0.2) is 14.8 Å². The van der Waals surface area contributed by atoms with Gasteiger partial charge in [-0.15, -0.1) is 0 Å². The molecule has 0 aliphatic rings. The summed E-state index contributed by atoms with van der Waals surface area (Å²) in [6.07, 6.45) is 2.48. The van der Waals surface area contributed by atoms with Crippen LogP contribution in [-0.4, -0.2) is 33.1 Å². The molecule has 0 atom stereocenters. The molecule has 1 N–H and O–H groups in total. The maximum atomic E-state index is 11.0. The van der Waals surface area contributed by atoms with Crippen LogP contribution in [0.4, 0.5) is 5.69 Å². The van der Waals surface area contributed by atoms with E-state index in [4.69, 9.17) is 14.6 Å². The van der Waals surface area contributed by atoms with Gasteiger partial charge in [0.1, 0.15) is 0 Å². The Hall–Kier alpha value is -3.23. The highest BCUT2D eigenvalue weighted by atomic mass is 16.6. The second-order valence-corrected chi connectivity index (χ2v) is 3.71. The molecule has 0 bridgehead atoms. The maximum Gasteiger partial charge on any atom is 0.360 e. The molecule has 1 aromatic carbocycles. The minimum absolute atomic E-state index is 0.0752. The largest absolute Gasteiger partial charge is 0.493 e. The highest BCUT2D eigenvalue weighted by molar-refractivity contribution is 5.87.